The summed E-state index contributed by atoms with van der Waals surface area (Å²) in [6, 6.07) is 29.9. The van der Waals surface area contributed by atoms with Gasteiger partial charge in [0.25, 0.3) is 0 Å². The number of nitrogens with one attached hydrogen (secondary N) is 1. The van der Waals surface area contributed by atoms with E-state index in [1.165, 1.54) is 0 Å². The number of benzene rings is 3. The van der Waals surface area contributed by atoms with Crippen molar-refractivity contribution in [3.05, 3.63) is 108 Å². The molecule has 0 saturated heterocycles. The topological polar surface area (TPSA) is 49.4 Å². The molecule has 34 heavy (non-hydrogen) atoms. The summed E-state index contributed by atoms with van der Waals surface area (Å²) in [6.07, 6.45) is 4.66. The van der Waals surface area contributed by atoms with Crippen LogP contribution in [0.5, 0.6) is 0 Å². The molecule has 0 bridgehead atoms. The van der Waals surface area contributed by atoms with Crippen molar-refractivity contribution < 1.29 is 9.59 Å². The third-order valence-electron chi connectivity index (χ3n) is 6.85. The molecule has 3 aromatic rings. The van der Waals surface area contributed by atoms with Crippen molar-refractivity contribution >= 4 is 11.8 Å². The molecule has 1 aliphatic carbocycles. The number of carbonyl (C=O) groups excluding carboxylic acids is 2. The Hall–Kier alpha value is -3.40. The zero-order valence-electron chi connectivity index (χ0n) is 19.9. The molecule has 1 fully saturated rings. The van der Waals surface area contributed by atoms with Gasteiger partial charge in [-0.1, -0.05) is 104 Å². The van der Waals surface area contributed by atoms with Crippen LogP contribution in [0.4, 0.5) is 0 Å². The van der Waals surface area contributed by atoms with Gasteiger partial charge in [0.15, 0.2) is 0 Å². The van der Waals surface area contributed by atoms with Gasteiger partial charge in [-0.15, -0.1) is 0 Å². The van der Waals surface area contributed by atoms with Crippen LogP contribution in [0.25, 0.3) is 0 Å². The molecule has 3 aromatic carbocycles. The Morgan fingerprint density at radius 1 is 0.824 bits per heavy atom. The molecule has 4 nitrogen and oxygen atoms in total. The van der Waals surface area contributed by atoms with E-state index >= 15 is 0 Å². The first-order chi connectivity index (χ1) is 16.6. The Labute approximate surface area is 203 Å². The van der Waals surface area contributed by atoms with Crippen molar-refractivity contribution in [3.8, 4) is 0 Å². The lowest BCUT2D eigenvalue weighted by molar-refractivity contribution is -0.141. The van der Waals surface area contributed by atoms with E-state index in [9.17, 15) is 9.59 Å². The normalized spacial score (nSPS) is 14.6. The van der Waals surface area contributed by atoms with E-state index in [0.717, 1.165) is 42.4 Å². The van der Waals surface area contributed by atoms with Crippen LogP contribution in [-0.4, -0.2) is 28.8 Å². The molecule has 4 heteroatoms. The number of carbonyl (C=O) groups is 2. The predicted octanol–water partition coefficient (Wildman–Crippen LogP) is 5.68. The zero-order chi connectivity index (χ0) is 23.8. The van der Waals surface area contributed by atoms with Gasteiger partial charge in [-0.05, 0) is 36.5 Å². The van der Waals surface area contributed by atoms with Gasteiger partial charge in [0.05, 0.1) is 0 Å². The molecule has 1 atom stereocenters. The Morgan fingerprint density at radius 2 is 1.32 bits per heavy atom. The first-order valence-electron chi connectivity index (χ1n) is 12.4. The first-order valence-corrected chi connectivity index (χ1v) is 12.4. The molecule has 1 N–H and O–H groups in total. The molecule has 0 radical (unpaired) electrons. The molecule has 0 spiro atoms. The van der Waals surface area contributed by atoms with Gasteiger partial charge < -0.3 is 10.2 Å². The number of nitrogens with zero attached hydrogens (tertiary/aromatic N) is 1. The minimum atomic E-state index is -0.541. The van der Waals surface area contributed by atoms with Crippen LogP contribution in [0.1, 0.15) is 61.6 Å². The molecule has 0 aromatic heterocycles. The van der Waals surface area contributed by atoms with Crippen molar-refractivity contribution in [1.82, 2.24) is 10.2 Å². The van der Waals surface area contributed by atoms with Gasteiger partial charge in [0.1, 0.15) is 6.04 Å². The van der Waals surface area contributed by atoms with E-state index in [1.54, 1.807) is 4.90 Å². The van der Waals surface area contributed by atoms with E-state index in [-0.39, 0.29) is 23.8 Å². The summed E-state index contributed by atoms with van der Waals surface area (Å²) in [5.74, 6) is -0.152. The summed E-state index contributed by atoms with van der Waals surface area (Å²) in [7, 11) is 0. The second-order valence-electron chi connectivity index (χ2n) is 9.25. The molecule has 0 unspecified atom stereocenters. The second kappa shape index (κ2) is 11.6. The van der Waals surface area contributed by atoms with Gasteiger partial charge in [-0.25, -0.2) is 0 Å². The summed E-state index contributed by atoms with van der Waals surface area (Å²) in [5.41, 5.74) is 3.22. The second-order valence-corrected chi connectivity index (χ2v) is 9.25. The van der Waals surface area contributed by atoms with E-state index in [1.807, 2.05) is 73.7 Å². The van der Waals surface area contributed by atoms with Crippen LogP contribution in [0, 0.1) is 0 Å². The van der Waals surface area contributed by atoms with Crippen LogP contribution < -0.4 is 5.32 Å². The number of hydrogen-bond acceptors (Lipinski definition) is 2. The summed E-state index contributed by atoms with van der Waals surface area (Å²) in [6.45, 7) is 2.26. The maximum atomic E-state index is 13.8. The molecule has 0 heterocycles. The smallest absolute Gasteiger partial charge is 0.242 e. The van der Waals surface area contributed by atoms with Crippen LogP contribution in [0.2, 0.25) is 0 Å². The van der Waals surface area contributed by atoms with Crippen LogP contribution in [0.3, 0.4) is 0 Å². The van der Waals surface area contributed by atoms with Gasteiger partial charge in [0.2, 0.25) is 11.8 Å². The summed E-state index contributed by atoms with van der Waals surface area (Å²) in [5, 5.41) is 3.18. The number of amides is 2. The van der Waals surface area contributed by atoms with E-state index in [2.05, 4.69) is 29.6 Å². The van der Waals surface area contributed by atoms with Gasteiger partial charge >= 0.3 is 0 Å². The third kappa shape index (κ3) is 6.13. The maximum absolute atomic E-state index is 13.8. The summed E-state index contributed by atoms with van der Waals surface area (Å²) in [4.78, 5) is 28.7. The summed E-state index contributed by atoms with van der Waals surface area (Å²) < 4.78 is 0. The number of hydrogen-bond donors (Lipinski definition) is 1. The molecule has 176 valence electrons. The Kier molecular flexibility index (Phi) is 8.13. The highest BCUT2D eigenvalue weighted by Gasteiger charge is 2.30. The SMILES string of the molecule is C[C@H](C(=O)NC1CCCC1)N(Cc1ccccc1)C(=O)CC(c1ccccc1)c1ccccc1. The molecule has 1 saturated carbocycles. The van der Waals surface area contributed by atoms with Crippen molar-refractivity contribution in [1.29, 1.82) is 0 Å². The highest BCUT2D eigenvalue weighted by molar-refractivity contribution is 5.88. The van der Waals surface area contributed by atoms with Crippen LogP contribution in [0.15, 0.2) is 91.0 Å². The largest absolute Gasteiger partial charge is 0.352 e. The molecule has 1 aliphatic rings. The Bertz CT molecular complexity index is 1010. The minimum absolute atomic E-state index is 0.0179. The fourth-order valence-electron chi connectivity index (χ4n) is 4.85. The van der Waals surface area contributed by atoms with E-state index in [0.29, 0.717) is 13.0 Å². The molecular formula is C30H34N2O2. The molecule has 4 rings (SSSR count). The highest BCUT2D eigenvalue weighted by Crippen LogP contribution is 2.29. The average Bonchev–Trinajstić information content (AvgIpc) is 3.40. The molecular weight excluding hydrogens is 420 g/mol. The lowest BCUT2D eigenvalue weighted by atomic mass is 9.88. The highest BCUT2D eigenvalue weighted by atomic mass is 16.2. The molecule has 2 amide bonds. The Balaban J connectivity index is 1.58. The van der Waals surface area contributed by atoms with Crippen molar-refractivity contribution in [2.75, 3.05) is 0 Å². The van der Waals surface area contributed by atoms with Gasteiger partial charge in [0, 0.05) is 24.9 Å². The number of rotatable bonds is 9. The van der Waals surface area contributed by atoms with Crippen molar-refractivity contribution in [3.63, 3.8) is 0 Å². The first kappa shape index (κ1) is 23.7. The van der Waals surface area contributed by atoms with Gasteiger partial charge in [-0.2, -0.15) is 0 Å². The van der Waals surface area contributed by atoms with Crippen LogP contribution in [-0.2, 0) is 16.1 Å². The third-order valence-corrected chi connectivity index (χ3v) is 6.85. The lowest BCUT2D eigenvalue weighted by Gasteiger charge is -2.31. The average molecular weight is 455 g/mol. The standard InChI is InChI=1S/C30H34N2O2/c1-23(30(34)31-27-19-11-12-20-27)32(22-24-13-5-2-6-14-24)29(33)21-28(25-15-7-3-8-16-25)26-17-9-4-10-18-26/h2-10,13-18,23,27-28H,11-12,19-22H2,1H3,(H,31,34)/t23-/m1/s1. The zero-order valence-corrected chi connectivity index (χ0v) is 19.9. The fourth-order valence-corrected chi connectivity index (χ4v) is 4.85. The monoisotopic (exact) mass is 454 g/mol. The lowest BCUT2D eigenvalue weighted by Crippen LogP contribution is -2.49. The summed E-state index contributed by atoms with van der Waals surface area (Å²) >= 11 is 0. The van der Waals surface area contributed by atoms with Gasteiger partial charge in [-0.3, -0.25) is 9.59 Å². The maximum Gasteiger partial charge on any atom is 0.242 e. The fraction of sp³-hybridized carbons (Fsp3) is 0.333. The quantitative estimate of drug-likeness (QED) is 0.452. The van der Waals surface area contributed by atoms with E-state index in [4.69, 9.17) is 0 Å². The Morgan fingerprint density at radius 3 is 1.85 bits per heavy atom. The van der Waals surface area contributed by atoms with Crippen LogP contribution >= 0.6 is 0 Å². The van der Waals surface area contributed by atoms with Crippen molar-refractivity contribution in [2.45, 2.75) is 63.6 Å². The van der Waals surface area contributed by atoms with E-state index < -0.39 is 6.04 Å². The predicted molar refractivity (Wildman–Crippen MR) is 136 cm³/mol. The van der Waals surface area contributed by atoms with Crippen molar-refractivity contribution in [2.24, 2.45) is 0 Å². The molecule has 0 aliphatic heterocycles. The minimum Gasteiger partial charge on any atom is -0.352 e.